The molecule has 3 rings (SSSR count). The highest BCUT2D eigenvalue weighted by molar-refractivity contribution is 6.06. The van der Waals surface area contributed by atoms with E-state index in [9.17, 15) is 14.4 Å². The maximum atomic E-state index is 13.2. The number of hydrogen-bond donors (Lipinski definition) is 1. The molecule has 0 aromatic heterocycles. The van der Waals surface area contributed by atoms with E-state index in [2.05, 4.69) is 5.43 Å². The first-order valence-electron chi connectivity index (χ1n) is 7.58. The van der Waals surface area contributed by atoms with Crippen LogP contribution in [0.3, 0.4) is 0 Å². The number of benzene rings is 2. The van der Waals surface area contributed by atoms with E-state index in [0.717, 1.165) is 11.1 Å². The molecule has 0 spiro atoms. The van der Waals surface area contributed by atoms with E-state index < -0.39 is 0 Å². The van der Waals surface area contributed by atoms with Crippen molar-refractivity contribution in [1.82, 2.24) is 10.4 Å². The second-order valence-electron chi connectivity index (χ2n) is 5.65. The summed E-state index contributed by atoms with van der Waals surface area (Å²) in [6.07, 6.45) is 0.147. The quantitative estimate of drug-likeness (QED) is 0.923. The van der Waals surface area contributed by atoms with Crippen LogP contribution in [0.15, 0.2) is 60.2 Å². The molecule has 120 valence electrons. The summed E-state index contributed by atoms with van der Waals surface area (Å²) in [6.45, 7) is 0. The van der Waals surface area contributed by atoms with Crippen LogP contribution in [-0.2, 0) is 4.79 Å². The minimum Gasteiger partial charge on any atom is -0.317 e. The lowest BCUT2D eigenvalue weighted by molar-refractivity contribution is -0.116. The standard InChI is InChI=1S/C19H16FN3O/c1-23-17(13-7-9-15(20)10-8-13)11-18(24)16(12-21)19(22-23)14-5-3-2-4-6-14/h2-10,17,22H,11H2,1H3/t17-/m1/s1. The van der Waals surface area contributed by atoms with E-state index in [1.54, 1.807) is 17.1 Å². The van der Waals surface area contributed by atoms with Crippen LogP contribution >= 0.6 is 0 Å². The van der Waals surface area contributed by atoms with Gasteiger partial charge in [0.15, 0.2) is 5.78 Å². The molecule has 0 saturated heterocycles. The maximum Gasteiger partial charge on any atom is 0.177 e. The number of carbonyl (C=O) groups is 1. The average Bonchev–Trinajstić information content (AvgIpc) is 2.73. The van der Waals surface area contributed by atoms with Gasteiger partial charge < -0.3 is 5.43 Å². The smallest absolute Gasteiger partial charge is 0.177 e. The van der Waals surface area contributed by atoms with E-state index in [0.29, 0.717) is 5.70 Å². The Morgan fingerprint density at radius 3 is 2.46 bits per heavy atom. The highest BCUT2D eigenvalue weighted by atomic mass is 19.1. The monoisotopic (exact) mass is 321 g/mol. The number of ketones is 1. The zero-order valence-corrected chi connectivity index (χ0v) is 13.2. The number of carbonyl (C=O) groups excluding carboxylic acids is 1. The molecule has 0 fully saturated rings. The summed E-state index contributed by atoms with van der Waals surface area (Å²) in [6, 6.07) is 17.1. The van der Waals surface area contributed by atoms with Crippen LogP contribution in [0, 0.1) is 17.1 Å². The molecule has 1 aliphatic heterocycles. The molecule has 0 amide bonds. The summed E-state index contributed by atoms with van der Waals surface area (Å²) in [5.74, 6) is -0.558. The summed E-state index contributed by atoms with van der Waals surface area (Å²) in [5.41, 5.74) is 5.35. The molecule has 5 heteroatoms. The zero-order chi connectivity index (χ0) is 17.1. The van der Waals surface area contributed by atoms with E-state index in [1.807, 2.05) is 43.4 Å². The molecule has 0 bridgehead atoms. The van der Waals surface area contributed by atoms with Crippen LogP contribution in [0.4, 0.5) is 4.39 Å². The Hall–Kier alpha value is -2.97. The molecule has 24 heavy (non-hydrogen) atoms. The molecular weight excluding hydrogens is 305 g/mol. The number of Topliss-reactive ketones (excluding diaryl/α,β-unsaturated/α-hetero) is 1. The van der Waals surface area contributed by atoms with Gasteiger partial charge in [0, 0.05) is 19.0 Å². The minimum atomic E-state index is -0.324. The Kier molecular flexibility index (Phi) is 4.41. The van der Waals surface area contributed by atoms with Crippen molar-refractivity contribution in [1.29, 1.82) is 5.26 Å². The maximum absolute atomic E-state index is 13.2. The predicted octanol–water partition coefficient (Wildman–Crippen LogP) is 3.21. The number of halogens is 1. The number of nitrogens with zero attached hydrogens (tertiary/aromatic N) is 2. The first-order valence-corrected chi connectivity index (χ1v) is 7.58. The second kappa shape index (κ2) is 6.65. The van der Waals surface area contributed by atoms with Gasteiger partial charge in [-0.05, 0) is 17.7 Å². The van der Waals surface area contributed by atoms with Gasteiger partial charge in [0.25, 0.3) is 0 Å². The molecule has 4 nitrogen and oxygen atoms in total. The van der Waals surface area contributed by atoms with Crippen molar-refractivity contribution < 1.29 is 9.18 Å². The van der Waals surface area contributed by atoms with Crippen molar-refractivity contribution >= 4 is 11.5 Å². The molecule has 0 radical (unpaired) electrons. The van der Waals surface area contributed by atoms with E-state index in [-0.39, 0.29) is 29.6 Å². The van der Waals surface area contributed by atoms with Gasteiger partial charge in [-0.2, -0.15) is 5.26 Å². The van der Waals surface area contributed by atoms with Crippen molar-refractivity contribution in [3.8, 4) is 6.07 Å². The fourth-order valence-corrected chi connectivity index (χ4v) is 2.82. The minimum absolute atomic E-state index is 0.109. The van der Waals surface area contributed by atoms with Gasteiger partial charge in [-0.1, -0.05) is 42.5 Å². The number of rotatable bonds is 2. The Balaban J connectivity index is 2.00. The van der Waals surface area contributed by atoms with Gasteiger partial charge in [-0.25, -0.2) is 9.40 Å². The first-order chi connectivity index (χ1) is 11.6. The van der Waals surface area contributed by atoms with E-state index in [4.69, 9.17) is 0 Å². The molecular formula is C19H16FN3O. The van der Waals surface area contributed by atoms with Crippen LogP contribution < -0.4 is 5.43 Å². The topological polar surface area (TPSA) is 56.1 Å². The van der Waals surface area contributed by atoms with Crippen LogP contribution in [-0.4, -0.2) is 17.8 Å². The molecule has 0 aliphatic carbocycles. The largest absolute Gasteiger partial charge is 0.317 e. The van der Waals surface area contributed by atoms with E-state index >= 15 is 0 Å². The van der Waals surface area contributed by atoms with Crippen molar-refractivity contribution in [3.05, 3.63) is 77.1 Å². The number of hydrogen-bond acceptors (Lipinski definition) is 4. The molecule has 0 saturated carbocycles. The highest BCUT2D eigenvalue weighted by Crippen LogP contribution is 2.30. The van der Waals surface area contributed by atoms with Gasteiger partial charge in [-0.15, -0.1) is 0 Å². The summed E-state index contributed by atoms with van der Waals surface area (Å²) in [7, 11) is 1.81. The summed E-state index contributed by atoms with van der Waals surface area (Å²) < 4.78 is 13.2. The van der Waals surface area contributed by atoms with Gasteiger partial charge in [0.05, 0.1) is 11.7 Å². The Labute approximate surface area is 139 Å². The normalized spacial score (nSPS) is 18.7. The van der Waals surface area contributed by atoms with Crippen LogP contribution in [0.25, 0.3) is 5.70 Å². The highest BCUT2D eigenvalue weighted by Gasteiger charge is 2.29. The summed E-state index contributed by atoms with van der Waals surface area (Å²) >= 11 is 0. The SMILES string of the molecule is CN1NC(c2ccccc2)=C(C#N)C(=O)C[C@@H]1c1ccc(F)cc1. The predicted molar refractivity (Wildman–Crippen MR) is 88.6 cm³/mol. The Morgan fingerprint density at radius 2 is 1.83 bits per heavy atom. The molecule has 2 aromatic rings. The van der Waals surface area contributed by atoms with Crippen molar-refractivity contribution in [2.75, 3.05) is 7.05 Å². The molecule has 1 heterocycles. The number of nitriles is 1. The first kappa shape index (κ1) is 15.9. The summed E-state index contributed by atoms with van der Waals surface area (Å²) in [4.78, 5) is 12.6. The van der Waals surface area contributed by atoms with Gasteiger partial charge in [0.1, 0.15) is 17.5 Å². The fraction of sp³-hybridized carbons (Fsp3) is 0.158. The molecule has 1 N–H and O–H groups in total. The van der Waals surface area contributed by atoms with Crippen LogP contribution in [0.2, 0.25) is 0 Å². The third kappa shape index (κ3) is 3.05. The number of allylic oxidation sites excluding steroid dienone is 1. The third-order valence-corrected chi connectivity index (χ3v) is 4.09. The lowest BCUT2D eigenvalue weighted by Gasteiger charge is -2.27. The van der Waals surface area contributed by atoms with Crippen molar-refractivity contribution in [2.24, 2.45) is 0 Å². The van der Waals surface area contributed by atoms with Crippen molar-refractivity contribution in [3.63, 3.8) is 0 Å². The molecule has 1 aliphatic rings. The van der Waals surface area contributed by atoms with Gasteiger partial charge in [0.2, 0.25) is 0 Å². The van der Waals surface area contributed by atoms with E-state index in [1.165, 1.54) is 12.1 Å². The number of hydrazine groups is 1. The molecule has 2 aromatic carbocycles. The lowest BCUT2D eigenvalue weighted by Crippen LogP contribution is -2.35. The van der Waals surface area contributed by atoms with Crippen molar-refractivity contribution in [2.45, 2.75) is 12.5 Å². The average molecular weight is 321 g/mol. The second-order valence-corrected chi connectivity index (χ2v) is 5.65. The third-order valence-electron chi connectivity index (χ3n) is 4.09. The fourth-order valence-electron chi connectivity index (χ4n) is 2.82. The van der Waals surface area contributed by atoms with Gasteiger partial charge in [-0.3, -0.25) is 4.79 Å². The number of nitrogens with one attached hydrogen (secondary N) is 1. The zero-order valence-electron chi connectivity index (χ0n) is 13.2. The summed E-state index contributed by atoms with van der Waals surface area (Å²) in [5, 5.41) is 11.3. The van der Waals surface area contributed by atoms with Crippen LogP contribution in [0.5, 0.6) is 0 Å². The van der Waals surface area contributed by atoms with Crippen LogP contribution in [0.1, 0.15) is 23.6 Å². The molecule has 0 unspecified atom stereocenters. The molecule has 1 atom stereocenters. The Morgan fingerprint density at radius 1 is 1.17 bits per heavy atom. The van der Waals surface area contributed by atoms with Gasteiger partial charge >= 0.3 is 0 Å². The Bertz CT molecular complexity index is 822. The lowest BCUT2D eigenvalue weighted by atomic mass is 9.97.